The van der Waals surface area contributed by atoms with Crippen LogP contribution in [0.3, 0.4) is 0 Å². The summed E-state index contributed by atoms with van der Waals surface area (Å²) in [5, 5.41) is 4.93. The summed E-state index contributed by atoms with van der Waals surface area (Å²) in [6, 6.07) is 12.6. The van der Waals surface area contributed by atoms with Crippen LogP contribution in [-0.2, 0) is 16.0 Å². The molecule has 120 valence electrons. The Labute approximate surface area is 133 Å². The first-order valence-corrected chi connectivity index (χ1v) is 7.06. The second-order valence-corrected chi connectivity index (χ2v) is 4.81. The third-order valence-corrected chi connectivity index (χ3v) is 3.17. The second kappa shape index (κ2) is 7.93. The number of carbonyl (C=O) groups excluding carboxylic acids is 2. The minimum Gasteiger partial charge on any atom is -0.497 e. The topological polar surface area (TPSA) is 67.4 Å². The molecule has 2 aromatic rings. The molecule has 0 radical (unpaired) electrons. The van der Waals surface area contributed by atoms with E-state index in [1.165, 1.54) is 24.3 Å². The smallest absolute Gasteiger partial charge is 0.313 e. The zero-order valence-corrected chi connectivity index (χ0v) is 12.6. The van der Waals surface area contributed by atoms with Crippen molar-refractivity contribution in [2.45, 2.75) is 6.42 Å². The van der Waals surface area contributed by atoms with E-state index in [2.05, 4.69) is 10.6 Å². The highest BCUT2D eigenvalue weighted by Gasteiger charge is 2.12. The van der Waals surface area contributed by atoms with E-state index in [0.29, 0.717) is 18.7 Å². The number of hydrogen-bond donors (Lipinski definition) is 2. The van der Waals surface area contributed by atoms with Crippen molar-refractivity contribution in [3.63, 3.8) is 0 Å². The summed E-state index contributed by atoms with van der Waals surface area (Å²) in [4.78, 5) is 23.4. The number of methoxy groups -OCH3 is 1. The van der Waals surface area contributed by atoms with Crippen LogP contribution >= 0.6 is 0 Å². The number of carbonyl (C=O) groups is 2. The number of nitrogens with one attached hydrogen (secondary N) is 2. The van der Waals surface area contributed by atoms with Gasteiger partial charge in [-0.15, -0.1) is 0 Å². The van der Waals surface area contributed by atoms with Gasteiger partial charge < -0.3 is 15.4 Å². The van der Waals surface area contributed by atoms with Crippen LogP contribution in [0.2, 0.25) is 0 Å². The largest absolute Gasteiger partial charge is 0.497 e. The van der Waals surface area contributed by atoms with Gasteiger partial charge in [0.15, 0.2) is 0 Å². The van der Waals surface area contributed by atoms with E-state index < -0.39 is 17.6 Å². The van der Waals surface area contributed by atoms with Crippen molar-refractivity contribution in [1.29, 1.82) is 0 Å². The first-order chi connectivity index (χ1) is 11.1. The van der Waals surface area contributed by atoms with E-state index in [1.807, 2.05) is 24.3 Å². The Balaban J connectivity index is 1.77. The molecule has 2 amide bonds. The van der Waals surface area contributed by atoms with Gasteiger partial charge in [0.1, 0.15) is 11.6 Å². The molecule has 5 nitrogen and oxygen atoms in total. The molecular formula is C17H17FN2O3. The standard InChI is InChI=1S/C17H17FN2O3/c1-23-15-8-2-12(3-9-15)10-11-19-16(21)17(22)20-14-6-4-13(18)5-7-14/h2-9H,10-11H2,1H3,(H,19,21)(H,20,22). The molecule has 2 rings (SSSR count). The van der Waals surface area contributed by atoms with Crippen molar-refractivity contribution in [2.75, 3.05) is 19.0 Å². The number of amides is 2. The van der Waals surface area contributed by atoms with Crippen LogP contribution in [0.25, 0.3) is 0 Å². The van der Waals surface area contributed by atoms with Gasteiger partial charge in [-0.1, -0.05) is 12.1 Å². The SMILES string of the molecule is COc1ccc(CCNC(=O)C(=O)Nc2ccc(F)cc2)cc1. The lowest BCUT2D eigenvalue weighted by molar-refractivity contribution is -0.136. The van der Waals surface area contributed by atoms with Crippen LogP contribution in [0.15, 0.2) is 48.5 Å². The highest BCUT2D eigenvalue weighted by Crippen LogP contribution is 2.11. The van der Waals surface area contributed by atoms with Crippen molar-refractivity contribution < 1.29 is 18.7 Å². The van der Waals surface area contributed by atoms with Gasteiger partial charge in [0.2, 0.25) is 0 Å². The molecule has 0 heterocycles. The Morgan fingerprint density at radius 2 is 1.65 bits per heavy atom. The van der Waals surface area contributed by atoms with Gasteiger partial charge in [-0.3, -0.25) is 9.59 Å². The van der Waals surface area contributed by atoms with Gasteiger partial charge in [-0.25, -0.2) is 4.39 Å². The summed E-state index contributed by atoms with van der Waals surface area (Å²) < 4.78 is 17.8. The second-order valence-electron chi connectivity index (χ2n) is 4.81. The third kappa shape index (κ3) is 5.10. The molecule has 0 saturated carbocycles. The molecule has 0 saturated heterocycles. The average Bonchev–Trinajstić information content (AvgIpc) is 2.57. The molecule has 0 aromatic heterocycles. The molecule has 0 aliphatic carbocycles. The zero-order chi connectivity index (χ0) is 16.7. The molecule has 0 atom stereocenters. The van der Waals surface area contributed by atoms with Crippen LogP contribution in [0, 0.1) is 5.82 Å². The predicted molar refractivity (Wildman–Crippen MR) is 84.7 cm³/mol. The average molecular weight is 316 g/mol. The van der Waals surface area contributed by atoms with Crippen LogP contribution in [-0.4, -0.2) is 25.5 Å². The lowest BCUT2D eigenvalue weighted by Gasteiger charge is -2.07. The van der Waals surface area contributed by atoms with Gasteiger partial charge in [0.25, 0.3) is 0 Å². The molecule has 0 spiro atoms. The first kappa shape index (κ1) is 16.5. The molecule has 0 fully saturated rings. The quantitative estimate of drug-likeness (QED) is 0.831. The first-order valence-electron chi connectivity index (χ1n) is 7.06. The van der Waals surface area contributed by atoms with Crippen molar-refractivity contribution >= 4 is 17.5 Å². The molecule has 0 aliphatic rings. The van der Waals surface area contributed by atoms with E-state index in [-0.39, 0.29) is 0 Å². The van der Waals surface area contributed by atoms with Crippen LogP contribution < -0.4 is 15.4 Å². The van der Waals surface area contributed by atoms with Crippen molar-refractivity contribution in [3.05, 3.63) is 59.9 Å². The minimum atomic E-state index is -0.786. The van der Waals surface area contributed by atoms with Gasteiger partial charge in [0.05, 0.1) is 7.11 Å². The lowest BCUT2D eigenvalue weighted by Crippen LogP contribution is -2.36. The van der Waals surface area contributed by atoms with Crippen molar-refractivity contribution in [3.8, 4) is 5.75 Å². The summed E-state index contributed by atoms with van der Waals surface area (Å²) in [6.07, 6.45) is 0.597. The van der Waals surface area contributed by atoms with Crippen molar-refractivity contribution in [2.24, 2.45) is 0 Å². The van der Waals surface area contributed by atoms with Crippen LogP contribution in [0.4, 0.5) is 10.1 Å². The summed E-state index contributed by atoms with van der Waals surface area (Å²) >= 11 is 0. The molecule has 0 unspecified atom stereocenters. The number of benzene rings is 2. The molecule has 2 N–H and O–H groups in total. The molecule has 0 aliphatic heterocycles. The fourth-order valence-electron chi connectivity index (χ4n) is 1.91. The summed E-state index contributed by atoms with van der Waals surface area (Å²) in [5.41, 5.74) is 1.38. The summed E-state index contributed by atoms with van der Waals surface area (Å²) in [5.74, 6) is -1.17. The predicted octanol–water partition coefficient (Wildman–Crippen LogP) is 2.13. The van der Waals surface area contributed by atoms with Crippen LogP contribution in [0.1, 0.15) is 5.56 Å². The van der Waals surface area contributed by atoms with E-state index in [9.17, 15) is 14.0 Å². The van der Waals surface area contributed by atoms with Gasteiger partial charge in [-0.05, 0) is 48.4 Å². The normalized spacial score (nSPS) is 10.0. The highest BCUT2D eigenvalue weighted by atomic mass is 19.1. The third-order valence-electron chi connectivity index (χ3n) is 3.17. The molecule has 2 aromatic carbocycles. The van der Waals surface area contributed by atoms with E-state index in [1.54, 1.807) is 7.11 Å². The van der Waals surface area contributed by atoms with Crippen molar-refractivity contribution in [1.82, 2.24) is 5.32 Å². The number of ether oxygens (including phenoxy) is 1. The summed E-state index contributed by atoms with van der Waals surface area (Å²) in [7, 11) is 1.59. The Bertz CT molecular complexity index is 669. The molecule has 6 heteroatoms. The molecular weight excluding hydrogens is 299 g/mol. The maximum absolute atomic E-state index is 12.8. The molecule has 23 heavy (non-hydrogen) atoms. The van der Waals surface area contributed by atoms with Gasteiger partial charge in [-0.2, -0.15) is 0 Å². The number of rotatable bonds is 5. The Morgan fingerprint density at radius 1 is 1.00 bits per heavy atom. The van der Waals surface area contributed by atoms with Crippen LogP contribution in [0.5, 0.6) is 5.75 Å². The van der Waals surface area contributed by atoms with E-state index >= 15 is 0 Å². The fourth-order valence-corrected chi connectivity index (χ4v) is 1.91. The maximum atomic E-state index is 12.8. The van der Waals surface area contributed by atoms with E-state index in [4.69, 9.17) is 4.74 Å². The number of hydrogen-bond acceptors (Lipinski definition) is 3. The lowest BCUT2D eigenvalue weighted by atomic mass is 10.1. The zero-order valence-electron chi connectivity index (χ0n) is 12.6. The Morgan fingerprint density at radius 3 is 2.26 bits per heavy atom. The Hall–Kier alpha value is -2.89. The highest BCUT2D eigenvalue weighted by molar-refractivity contribution is 6.39. The minimum absolute atomic E-state index is 0.335. The number of anilines is 1. The van der Waals surface area contributed by atoms with Gasteiger partial charge in [0, 0.05) is 12.2 Å². The summed E-state index contributed by atoms with van der Waals surface area (Å²) in [6.45, 7) is 0.335. The van der Waals surface area contributed by atoms with E-state index in [0.717, 1.165) is 11.3 Å². The monoisotopic (exact) mass is 316 g/mol. The fraction of sp³-hybridized carbons (Fsp3) is 0.176. The van der Waals surface area contributed by atoms with Gasteiger partial charge >= 0.3 is 11.8 Å². The maximum Gasteiger partial charge on any atom is 0.313 e. The molecule has 0 bridgehead atoms. The Kier molecular flexibility index (Phi) is 5.68. The number of halogens is 1.